The van der Waals surface area contributed by atoms with Crippen molar-refractivity contribution in [2.24, 2.45) is 0 Å². The average molecular weight is 229 g/mol. The number of hydrogen-bond donors (Lipinski definition) is 1. The van der Waals surface area contributed by atoms with Crippen molar-refractivity contribution in [2.75, 3.05) is 18.0 Å². The number of nitrogens with zero attached hydrogens (tertiary/aromatic N) is 4. The van der Waals surface area contributed by atoms with Crippen molar-refractivity contribution in [1.82, 2.24) is 20.2 Å². The quantitative estimate of drug-likeness (QED) is 0.852. The van der Waals surface area contributed by atoms with Crippen LogP contribution >= 0.6 is 0 Å². The van der Waals surface area contributed by atoms with Gasteiger partial charge in [-0.1, -0.05) is 0 Å². The summed E-state index contributed by atoms with van der Waals surface area (Å²) in [6.45, 7) is 4.16. The molecule has 1 aliphatic heterocycles. The van der Waals surface area contributed by atoms with E-state index in [2.05, 4.69) is 25.1 Å². The molecule has 0 saturated carbocycles. The molecule has 5 heteroatoms. The van der Waals surface area contributed by atoms with Crippen LogP contribution < -0.4 is 4.90 Å². The second-order valence-corrected chi connectivity index (χ2v) is 4.33. The van der Waals surface area contributed by atoms with Gasteiger partial charge in [-0.05, 0) is 25.8 Å². The molecule has 1 fully saturated rings. The van der Waals surface area contributed by atoms with Gasteiger partial charge in [0.2, 0.25) is 5.95 Å². The Hall–Kier alpha value is -1.91. The van der Waals surface area contributed by atoms with Gasteiger partial charge in [0.1, 0.15) is 0 Å². The maximum absolute atomic E-state index is 4.58. The standard InChI is InChI=1S/C12H15N5/c1-9-10(11-4-5-14-16-11)8-13-12(15-9)17-6-2-3-7-17/h4-5,8H,2-3,6-7H2,1H3,(H,14,16). The van der Waals surface area contributed by atoms with Crippen molar-refractivity contribution in [3.63, 3.8) is 0 Å². The zero-order valence-corrected chi connectivity index (χ0v) is 9.85. The minimum Gasteiger partial charge on any atom is -0.341 e. The predicted molar refractivity (Wildman–Crippen MR) is 65.8 cm³/mol. The largest absolute Gasteiger partial charge is 0.341 e. The second-order valence-electron chi connectivity index (χ2n) is 4.33. The number of aromatic amines is 1. The number of rotatable bonds is 2. The lowest BCUT2D eigenvalue weighted by Gasteiger charge is -2.15. The summed E-state index contributed by atoms with van der Waals surface area (Å²) >= 11 is 0. The fraction of sp³-hybridized carbons (Fsp3) is 0.417. The van der Waals surface area contributed by atoms with E-state index >= 15 is 0 Å². The van der Waals surface area contributed by atoms with Gasteiger partial charge in [-0.2, -0.15) is 5.10 Å². The van der Waals surface area contributed by atoms with Gasteiger partial charge < -0.3 is 4.90 Å². The molecule has 0 aliphatic carbocycles. The van der Waals surface area contributed by atoms with E-state index < -0.39 is 0 Å². The van der Waals surface area contributed by atoms with Crippen LogP contribution in [0.2, 0.25) is 0 Å². The normalized spacial score (nSPS) is 15.5. The zero-order chi connectivity index (χ0) is 11.7. The van der Waals surface area contributed by atoms with Gasteiger partial charge in [-0.15, -0.1) is 0 Å². The first kappa shape index (κ1) is 10.3. The molecule has 1 N–H and O–H groups in total. The molecule has 0 amide bonds. The minimum atomic E-state index is 0.850. The first-order chi connectivity index (χ1) is 8.34. The summed E-state index contributed by atoms with van der Waals surface area (Å²) in [6.07, 6.45) is 6.10. The lowest BCUT2D eigenvalue weighted by molar-refractivity contribution is 0.889. The van der Waals surface area contributed by atoms with Crippen molar-refractivity contribution in [2.45, 2.75) is 19.8 Å². The van der Waals surface area contributed by atoms with E-state index in [1.54, 1.807) is 6.20 Å². The third-order valence-corrected chi connectivity index (χ3v) is 3.15. The molecule has 17 heavy (non-hydrogen) atoms. The summed E-state index contributed by atoms with van der Waals surface area (Å²) in [7, 11) is 0. The molecule has 0 spiro atoms. The smallest absolute Gasteiger partial charge is 0.225 e. The first-order valence-electron chi connectivity index (χ1n) is 5.93. The highest BCUT2D eigenvalue weighted by Crippen LogP contribution is 2.22. The van der Waals surface area contributed by atoms with Gasteiger partial charge in [-0.25, -0.2) is 9.97 Å². The van der Waals surface area contributed by atoms with Crippen molar-refractivity contribution in [3.8, 4) is 11.3 Å². The fourth-order valence-electron chi connectivity index (χ4n) is 2.19. The van der Waals surface area contributed by atoms with Gasteiger partial charge in [0.25, 0.3) is 0 Å². The minimum absolute atomic E-state index is 0.850. The molecule has 1 saturated heterocycles. The van der Waals surface area contributed by atoms with Gasteiger partial charge >= 0.3 is 0 Å². The molecule has 88 valence electrons. The van der Waals surface area contributed by atoms with Gasteiger partial charge in [0.05, 0.1) is 11.4 Å². The topological polar surface area (TPSA) is 57.7 Å². The van der Waals surface area contributed by atoms with Crippen LogP contribution in [-0.4, -0.2) is 33.3 Å². The van der Waals surface area contributed by atoms with Crippen LogP contribution in [0.1, 0.15) is 18.5 Å². The van der Waals surface area contributed by atoms with Crippen LogP contribution in [0.4, 0.5) is 5.95 Å². The monoisotopic (exact) mass is 229 g/mol. The van der Waals surface area contributed by atoms with Gasteiger partial charge in [0.15, 0.2) is 0 Å². The molecular weight excluding hydrogens is 214 g/mol. The van der Waals surface area contributed by atoms with E-state index in [1.165, 1.54) is 12.8 Å². The molecule has 5 nitrogen and oxygen atoms in total. The molecule has 0 bridgehead atoms. The summed E-state index contributed by atoms with van der Waals surface area (Å²) in [4.78, 5) is 11.3. The van der Waals surface area contributed by atoms with Crippen molar-refractivity contribution in [3.05, 3.63) is 24.2 Å². The number of nitrogens with one attached hydrogen (secondary N) is 1. The summed E-state index contributed by atoms with van der Waals surface area (Å²) < 4.78 is 0. The van der Waals surface area contributed by atoms with E-state index in [1.807, 2.05) is 19.2 Å². The van der Waals surface area contributed by atoms with E-state index in [0.717, 1.165) is 36.0 Å². The van der Waals surface area contributed by atoms with Crippen LogP contribution in [0.5, 0.6) is 0 Å². The molecule has 1 aliphatic rings. The van der Waals surface area contributed by atoms with E-state index in [4.69, 9.17) is 0 Å². The number of H-pyrrole nitrogens is 1. The molecule has 3 heterocycles. The third kappa shape index (κ3) is 1.88. The highest BCUT2D eigenvalue weighted by molar-refractivity contribution is 5.61. The maximum Gasteiger partial charge on any atom is 0.225 e. The van der Waals surface area contributed by atoms with E-state index in [0.29, 0.717) is 0 Å². The Morgan fingerprint density at radius 2 is 2.12 bits per heavy atom. The first-order valence-corrected chi connectivity index (χ1v) is 5.93. The summed E-state index contributed by atoms with van der Waals surface area (Å²) in [6, 6.07) is 1.93. The highest BCUT2D eigenvalue weighted by atomic mass is 15.3. The Morgan fingerprint density at radius 3 is 2.76 bits per heavy atom. The average Bonchev–Trinajstić information content (AvgIpc) is 3.02. The third-order valence-electron chi connectivity index (χ3n) is 3.15. The zero-order valence-electron chi connectivity index (χ0n) is 9.85. The number of anilines is 1. The lowest BCUT2D eigenvalue weighted by atomic mass is 10.2. The summed E-state index contributed by atoms with van der Waals surface area (Å²) in [5.74, 6) is 0.850. The van der Waals surface area contributed by atoms with E-state index in [-0.39, 0.29) is 0 Å². The Morgan fingerprint density at radius 1 is 1.29 bits per heavy atom. The van der Waals surface area contributed by atoms with Crippen LogP contribution in [-0.2, 0) is 0 Å². The van der Waals surface area contributed by atoms with Crippen molar-refractivity contribution >= 4 is 5.95 Å². The second kappa shape index (κ2) is 4.16. The van der Waals surface area contributed by atoms with Gasteiger partial charge in [0, 0.05) is 31.0 Å². The molecule has 2 aromatic heterocycles. The predicted octanol–water partition coefficient (Wildman–Crippen LogP) is 1.78. The number of hydrogen-bond acceptors (Lipinski definition) is 4. The highest BCUT2D eigenvalue weighted by Gasteiger charge is 2.16. The molecule has 0 radical (unpaired) electrons. The van der Waals surface area contributed by atoms with Crippen LogP contribution in [0.3, 0.4) is 0 Å². The van der Waals surface area contributed by atoms with Gasteiger partial charge in [-0.3, -0.25) is 5.10 Å². The molecule has 0 atom stereocenters. The molecule has 0 aromatic carbocycles. The van der Waals surface area contributed by atoms with Crippen molar-refractivity contribution < 1.29 is 0 Å². The summed E-state index contributed by atoms with van der Waals surface area (Å²) in [5, 5.41) is 6.89. The number of aryl methyl sites for hydroxylation is 1. The Bertz CT molecular complexity index is 500. The molecule has 0 unspecified atom stereocenters. The van der Waals surface area contributed by atoms with Crippen molar-refractivity contribution in [1.29, 1.82) is 0 Å². The van der Waals surface area contributed by atoms with Crippen LogP contribution in [0, 0.1) is 6.92 Å². The molecule has 2 aromatic rings. The number of aromatic nitrogens is 4. The lowest BCUT2D eigenvalue weighted by Crippen LogP contribution is -2.20. The molecular formula is C12H15N5. The fourth-order valence-corrected chi connectivity index (χ4v) is 2.19. The van der Waals surface area contributed by atoms with Crippen LogP contribution in [0.25, 0.3) is 11.3 Å². The Kier molecular flexibility index (Phi) is 2.51. The molecule has 3 rings (SSSR count). The maximum atomic E-state index is 4.58. The van der Waals surface area contributed by atoms with E-state index in [9.17, 15) is 0 Å². The van der Waals surface area contributed by atoms with Crippen LogP contribution in [0.15, 0.2) is 18.5 Å². The summed E-state index contributed by atoms with van der Waals surface area (Å²) in [5.41, 5.74) is 2.98. The Balaban J connectivity index is 1.94. The Labute approximate surface area is 99.9 Å². The SMILES string of the molecule is Cc1nc(N2CCCC2)ncc1-c1ccn[nH]1.